The van der Waals surface area contributed by atoms with Crippen LogP contribution in [-0.4, -0.2) is 41.8 Å². The number of carbonyl (C=O) groups is 1. The second-order valence-electron chi connectivity index (χ2n) is 5.74. The molecule has 0 radical (unpaired) electrons. The highest BCUT2D eigenvalue weighted by Gasteiger charge is 2.18. The van der Waals surface area contributed by atoms with Crippen LogP contribution < -0.4 is 11.2 Å². The van der Waals surface area contributed by atoms with Gasteiger partial charge in [-0.05, 0) is 29.7 Å². The van der Waals surface area contributed by atoms with Gasteiger partial charge in [0, 0.05) is 12.1 Å². The molecule has 3 N–H and O–H groups in total. The summed E-state index contributed by atoms with van der Waals surface area (Å²) in [7, 11) is 0. The lowest BCUT2D eigenvalue weighted by molar-refractivity contribution is -0.384. The summed E-state index contributed by atoms with van der Waals surface area (Å²) in [5.74, 6) is -0.125. The van der Waals surface area contributed by atoms with Gasteiger partial charge in [0.15, 0.2) is 0 Å². The van der Waals surface area contributed by atoms with E-state index in [-0.39, 0.29) is 29.7 Å². The largest absolute Gasteiger partial charge is 0.378 e. The second-order valence-corrected chi connectivity index (χ2v) is 5.74. The standard InChI is InChI=1S/C15H15N9O4/c1-8(13-9(2)23(22-19-13)15-14(16)20-28-21-15)17-18-12(25)7-10-3-5-11(6-4-10)24(26)27/h3-6H,7H2,1-2H3,(H2,16,20)(H,18,25)/b17-8-. The Morgan fingerprint density at radius 1 is 1.36 bits per heavy atom. The molecule has 0 aliphatic rings. The molecule has 2 heterocycles. The number of nitrogens with two attached hydrogens (primary N) is 1. The van der Waals surface area contributed by atoms with Crippen molar-refractivity contribution in [2.24, 2.45) is 5.10 Å². The molecule has 13 nitrogen and oxygen atoms in total. The van der Waals surface area contributed by atoms with Crippen LogP contribution in [0.4, 0.5) is 11.5 Å². The molecule has 0 bridgehead atoms. The molecule has 0 unspecified atom stereocenters. The predicted octanol–water partition coefficient (Wildman–Crippen LogP) is 0.532. The SMILES string of the molecule is C/C(=N/NC(=O)Cc1ccc([N+](=O)[O-])cc1)c1nnn(-c2nonc2N)c1C. The number of benzene rings is 1. The van der Waals surface area contributed by atoms with Gasteiger partial charge in [0.25, 0.3) is 5.69 Å². The maximum atomic E-state index is 12.0. The Labute approximate surface area is 157 Å². The number of amides is 1. The highest BCUT2D eigenvalue weighted by molar-refractivity contribution is 5.98. The molecule has 3 aromatic rings. The molecule has 0 saturated heterocycles. The quantitative estimate of drug-likeness (QED) is 0.347. The minimum atomic E-state index is -0.504. The summed E-state index contributed by atoms with van der Waals surface area (Å²) < 4.78 is 5.89. The fourth-order valence-corrected chi connectivity index (χ4v) is 2.36. The van der Waals surface area contributed by atoms with Crippen LogP contribution in [0.5, 0.6) is 0 Å². The number of aromatic nitrogens is 5. The van der Waals surface area contributed by atoms with Crippen LogP contribution in [0.1, 0.15) is 23.9 Å². The van der Waals surface area contributed by atoms with Crippen molar-refractivity contribution in [3.05, 3.63) is 51.3 Å². The minimum absolute atomic E-state index is 0.0155. The second kappa shape index (κ2) is 7.61. The Balaban J connectivity index is 1.67. The van der Waals surface area contributed by atoms with Crippen molar-refractivity contribution in [1.82, 2.24) is 30.7 Å². The molecule has 2 aromatic heterocycles. The van der Waals surface area contributed by atoms with Crippen LogP contribution in [0.15, 0.2) is 34.0 Å². The molecular weight excluding hydrogens is 370 g/mol. The normalized spacial score (nSPS) is 11.4. The number of nitro benzene ring substituents is 1. The lowest BCUT2D eigenvalue weighted by Crippen LogP contribution is -2.21. The van der Waals surface area contributed by atoms with Gasteiger partial charge in [0.1, 0.15) is 5.69 Å². The zero-order valence-electron chi connectivity index (χ0n) is 14.9. The van der Waals surface area contributed by atoms with Crippen molar-refractivity contribution < 1.29 is 14.3 Å². The Morgan fingerprint density at radius 2 is 2.07 bits per heavy atom. The molecule has 3 rings (SSSR count). The lowest BCUT2D eigenvalue weighted by Gasteiger charge is -2.03. The van der Waals surface area contributed by atoms with Crippen molar-refractivity contribution in [1.29, 1.82) is 0 Å². The zero-order chi connectivity index (χ0) is 20.3. The monoisotopic (exact) mass is 385 g/mol. The molecule has 1 aromatic carbocycles. The van der Waals surface area contributed by atoms with Gasteiger partial charge in [-0.15, -0.1) is 5.10 Å². The van der Waals surface area contributed by atoms with E-state index in [1.54, 1.807) is 13.8 Å². The maximum absolute atomic E-state index is 12.0. The van der Waals surface area contributed by atoms with E-state index in [1.165, 1.54) is 28.9 Å². The van der Waals surface area contributed by atoms with Crippen molar-refractivity contribution >= 4 is 23.1 Å². The van der Waals surface area contributed by atoms with E-state index in [0.29, 0.717) is 22.7 Å². The lowest BCUT2D eigenvalue weighted by atomic mass is 10.1. The average Bonchev–Trinajstić information content (AvgIpc) is 3.25. The van der Waals surface area contributed by atoms with E-state index in [9.17, 15) is 14.9 Å². The summed E-state index contributed by atoms with van der Waals surface area (Å²) in [5, 5.41) is 29.7. The van der Waals surface area contributed by atoms with Crippen molar-refractivity contribution in [2.75, 3.05) is 5.73 Å². The Hall–Kier alpha value is -4.16. The first kappa shape index (κ1) is 18.6. The molecular formula is C15H15N9O4. The van der Waals surface area contributed by atoms with E-state index < -0.39 is 4.92 Å². The number of nitrogen functional groups attached to an aromatic ring is 1. The van der Waals surface area contributed by atoms with Gasteiger partial charge < -0.3 is 5.73 Å². The summed E-state index contributed by atoms with van der Waals surface area (Å²) >= 11 is 0. The first-order valence-corrected chi connectivity index (χ1v) is 7.94. The number of nitrogens with one attached hydrogen (secondary N) is 1. The summed E-state index contributed by atoms with van der Waals surface area (Å²) in [5.41, 5.74) is 10.1. The molecule has 0 atom stereocenters. The van der Waals surface area contributed by atoms with E-state index in [1.807, 2.05) is 0 Å². The summed E-state index contributed by atoms with van der Waals surface area (Å²) in [6.45, 7) is 3.37. The van der Waals surface area contributed by atoms with Crippen molar-refractivity contribution in [3.8, 4) is 5.82 Å². The number of nitrogens with zero attached hydrogens (tertiary/aromatic N) is 7. The van der Waals surface area contributed by atoms with E-state index in [2.05, 4.69) is 35.8 Å². The third-order valence-corrected chi connectivity index (χ3v) is 3.79. The number of non-ortho nitro benzene ring substituents is 1. The number of nitro groups is 1. The molecule has 144 valence electrons. The molecule has 28 heavy (non-hydrogen) atoms. The number of rotatable bonds is 6. The van der Waals surface area contributed by atoms with Crippen LogP contribution in [0.25, 0.3) is 5.82 Å². The van der Waals surface area contributed by atoms with Gasteiger partial charge in [-0.2, -0.15) is 9.78 Å². The number of hydrogen-bond acceptors (Lipinski definition) is 10. The molecule has 0 aliphatic carbocycles. The smallest absolute Gasteiger partial charge is 0.269 e. The van der Waals surface area contributed by atoms with Crippen LogP contribution >= 0.6 is 0 Å². The van der Waals surface area contributed by atoms with E-state index in [4.69, 9.17) is 5.73 Å². The third kappa shape index (κ3) is 3.82. The van der Waals surface area contributed by atoms with Crippen LogP contribution in [0, 0.1) is 17.0 Å². The van der Waals surface area contributed by atoms with Crippen LogP contribution in [0.2, 0.25) is 0 Å². The topological polar surface area (TPSA) is 180 Å². The van der Waals surface area contributed by atoms with Crippen LogP contribution in [0.3, 0.4) is 0 Å². The Kier molecular flexibility index (Phi) is 5.06. The molecule has 0 saturated carbocycles. The average molecular weight is 385 g/mol. The maximum Gasteiger partial charge on any atom is 0.269 e. The predicted molar refractivity (Wildman–Crippen MR) is 95.5 cm³/mol. The molecule has 0 fully saturated rings. The first-order valence-electron chi connectivity index (χ1n) is 7.94. The van der Waals surface area contributed by atoms with Crippen molar-refractivity contribution in [3.63, 3.8) is 0 Å². The molecule has 0 aliphatic heterocycles. The van der Waals surface area contributed by atoms with Gasteiger partial charge >= 0.3 is 0 Å². The van der Waals surface area contributed by atoms with Gasteiger partial charge in [0.05, 0.1) is 22.7 Å². The summed E-state index contributed by atoms with van der Waals surface area (Å²) in [6.07, 6.45) is 0.0155. The number of hydrogen-bond donors (Lipinski definition) is 2. The van der Waals surface area contributed by atoms with Gasteiger partial charge in [0.2, 0.25) is 17.5 Å². The minimum Gasteiger partial charge on any atom is -0.378 e. The van der Waals surface area contributed by atoms with Crippen molar-refractivity contribution in [2.45, 2.75) is 20.3 Å². The summed E-state index contributed by atoms with van der Waals surface area (Å²) in [4.78, 5) is 22.2. The molecule has 1 amide bonds. The molecule has 13 heteroatoms. The van der Waals surface area contributed by atoms with Gasteiger partial charge in [-0.3, -0.25) is 14.9 Å². The number of hydrazone groups is 1. The highest BCUT2D eigenvalue weighted by Crippen LogP contribution is 2.15. The molecule has 0 spiro atoms. The summed E-state index contributed by atoms with van der Waals surface area (Å²) in [6, 6.07) is 5.70. The number of anilines is 1. The van der Waals surface area contributed by atoms with E-state index >= 15 is 0 Å². The zero-order valence-corrected chi connectivity index (χ0v) is 14.9. The first-order chi connectivity index (χ1) is 13.4. The van der Waals surface area contributed by atoms with Crippen LogP contribution in [-0.2, 0) is 11.2 Å². The Bertz CT molecular complexity index is 1050. The van der Waals surface area contributed by atoms with Gasteiger partial charge in [-0.1, -0.05) is 17.3 Å². The fraction of sp³-hybridized carbons (Fsp3) is 0.200. The third-order valence-electron chi connectivity index (χ3n) is 3.79. The Morgan fingerprint density at radius 3 is 2.68 bits per heavy atom. The highest BCUT2D eigenvalue weighted by atomic mass is 16.6. The number of carbonyl (C=O) groups excluding carboxylic acids is 1. The fourth-order valence-electron chi connectivity index (χ4n) is 2.36. The van der Waals surface area contributed by atoms with E-state index in [0.717, 1.165) is 0 Å². The van der Waals surface area contributed by atoms with Gasteiger partial charge in [-0.25, -0.2) is 10.1 Å².